The van der Waals surface area contributed by atoms with Gasteiger partial charge in [0.05, 0.1) is 6.04 Å². The summed E-state index contributed by atoms with van der Waals surface area (Å²) in [6.07, 6.45) is 3.73. The number of furan rings is 1. The molecule has 2 heterocycles. The lowest BCUT2D eigenvalue weighted by molar-refractivity contribution is 0.0898. The number of benzene rings is 2. The van der Waals surface area contributed by atoms with Gasteiger partial charge in [0.15, 0.2) is 5.76 Å². The van der Waals surface area contributed by atoms with Crippen LogP contribution in [-0.4, -0.2) is 30.4 Å². The first kappa shape index (κ1) is 20.7. The van der Waals surface area contributed by atoms with Gasteiger partial charge in [-0.05, 0) is 76.4 Å². The van der Waals surface area contributed by atoms with E-state index in [1.165, 1.54) is 30.4 Å². The Morgan fingerprint density at radius 1 is 1.00 bits per heavy atom. The fourth-order valence-corrected chi connectivity index (χ4v) is 4.75. The number of nitrogens with one attached hydrogen (secondary N) is 1. The van der Waals surface area contributed by atoms with Crippen LogP contribution in [0.3, 0.4) is 0 Å². The molecule has 1 amide bonds. The van der Waals surface area contributed by atoms with Crippen molar-refractivity contribution in [1.82, 2.24) is 10.2 Å². The summed E-state index contributed by atoms with van der Waals surface area (Å²) >= 11 is 0. The van der Waals surface area contributed by atoms with Crippen LogP contribution in [0.5, 0.6) is 0 Å². The molecule has 0 radical (unpaired) electrons. The predicted molar refractivity (Wildman–Crippen MR) is 122 cm³/mol. The van der Waals surface area contributed by atoms with Crippen molar-refractivity contribution < 1.29 is 9.21 Å². The lowest BCUT2D eigenvalue weighted by Gasteiger charge is -2.35. The molecule has 4 rings (SSSR count). The van der Waals surface area contributed by atoms with Gasteiger partial charge in [0.25, 0.3) is 5.91 Å². The molecule has 2 aromatic carbocycles. The van der Waals surface area contributed by atoms with Crippen LogP contribution < -0.4 is 5.32 Å². The molecule has 1 fully saturated rings. The van der Waals surface area contributed by atoms with Gasteiger partial charge in [-0.25, -0.2) is 0 Å². The second kappa shape index (κ2) is 8.65. The number of hydrogen-bond donors (Lipinski definition) is 1. The highest BCUT2D eigenvalue weighted by Crippen LogP contribution is 2.30. The lowest BCUT2D eigenvalue weighted by Crippen LogP contribution is -2.40. The molecule has 4 heteroatoms. The molecule has 4 nitrogen and oxygen atoms in total. The van der Waals surface area contributed by atoms with Crippen molar-refractivity contribution in [2.75, 3.05) is 19.6 Å². The molecule has 1 saturated heterocycles. The second-order valence-corrected chi connectivity index (χ2v) is 8.74. The van der Waals surface area contributed by atoms with E-state index in [0.29, 0.717) is 12.3 Å². The highest BCUT2D eigenvalue weighted by molar-refractivity contribution is 6.00. The molecule has 0 spiro atoms. The van der Waals surface area contributed by atoms with Crippen molar-refractivity contribution in [1.29, 1.82) is 0 Å². The number of rotatable bonds is 5. The number of amides is 1. The van der Waals surface area contributed by atoms with Crippen LogP contribution in [-0.2, 0) is 0 Å². The Kier molecular flexibility index (Phi) is 5.96. The molecule has 3 aromatic rings. The van der Waals surface area contributed by atoms with Crippen molar-refractivity contribution >= 4 is 16.9 Å². The van der Waals surface area contributed by atoms with E-state index in [1.807, 2.05) is 13.0 Å². The number of likely N-dealkylation sites (tertiary alicyclic amines) is 1. The summed E-state index contributed by atoms with van der Waals surface area (Å²) in [6.45, 7) is 10.9. The zero-order chi connectivity index (χ0) is 21.3. The Labute approximate surface area is 179 Å². The highest BCUT2D eigenvalue weighted by Gasteiger charge is 2.25. The van der Waals surface area contributed by atoms with Gasteiger partial charge in [0.1, 0.15) is 5.58 Å². The average molecular weight is 405 g/mol. The van der Waals surface area contributed by atoms with E-state index in [2.05, 4.69) is 61.3 Å². The summed E-state index contributed by atoms with van der Waals surface area (Å²) in [5.74, 6) is 0.301. The van der Waals surface area contributed by atoms with Crippen molar-refractivity contribution in [3.8, 4) is 0 Å². The largest absolute Gasteiger partial charge is 0.451 e. The van der Waals surface area contributed by atoms with Crippen LogP contribution in [0.2, 0.25) is 0 Å². The molecular weight excluding hydrogens is 372 g/mol. The Balaban J connectivity index is 1.56. The SMILES string of the molecule is Cc1ccc([C@H](CNC(=O)c2oc3cc(C)cc(C)c3c2C)N2CCCCC2)cc1. The van der Waals surface area contributed by atoms with Crippen LogP contribution in [0.15, 0.2) is 40.8 Å². The summed E-state index contributed by atoms with van der Waals surface area (Å²) in [6, 6.07) is 13.0. The summed E-state index contributed by atoms with van der Waals surface area (Å²) < 4.78 is 6.00. The van der Waals surface area contributed by atoms with Gasteiger partial charge in [-0.2, -0.15) is 0 Å². The maximum Gasteiger partial charge on any atom is 0.287 e. The minimum atomic E-state index is -0.130. The summed E-state index contributed by atoms with van der Waals surface area (Å²) in [5, 5.41) is 4.22. The van der Waals surface area contributed by atoms with E-state index < -0.39 is 0 Å². The first-order chi connectivity index (χ1) is 14.4. The van der Waals surface area contributed by atoms with Crippen LogP contribution >= 0.6 is 0 Å². The van der Waals surface area contributed by atoms with E-state index >= 15 is 0 Å². The molecule has 0 aliphatic carbocycles. The number of aryl methyl sites for hydroxylation is 4. The average Bonchev–Trinajstić information content (AvgIpc) is 3.06. The van der Waals surface area contributed by atoms with E-state index in [9.17, 15) is 4.79 Å². The summed E-state index contributed by atoms with van der Waals surface area (Å²) in [5.41, 5.74) is 6.52. The molecule has 158 valence electrons. The normalized spacial score (nSPS) is 16.0. The van der Waals surface area contributed by atoms with Gasteiger partial charge >= 0.3 is 0 Å². The Hall–Kier alpha value is -2.59. The third-order valence-electron chi connectivity index (χ3n) is 6.33. The van der Waals surface area contributed by atoms with Crippen LogP contribution in [0.25, 0.3) is 11.0 Å². The van der Waals surface area contributed by atoms with Gasteiger partial charge in [-0.15, -0.1) is 0 Å². The molecule has 30 heavy (non-hydrogen) atoms. The first-order valence-electron chi connectivity index (χ1n) is 11.0. The van der Waals surface area contributed by atoms with Crippen molar-refractivity contribution in [2.24, 2.45) is 0 Å². The van der Waals surface area contributed by atoms with Gasteiger partial charge in [0.2, 0.25) is 0 Å². The van der Waals surface area contributed by atoms with Gasteiger partial charge in [-0.3, -0.25) is 9.69 Å². The lowest BCUT2D eigenvalue weighted by atomic mass is 10.0. The molecule has 1 aliphatic rings. The van der Waals surface area contributed by atoms with Crippen LogP contribution in [0.1, 0.15) is 63.7 Å². The van der Waals surface area contributed by atoms with Crippen molar-refractivity contribution in [3.63, 3.8) is 0 Å². The maximum atomic E-state index is 13.1. The Bertz CT molecular complexity index is 1040. The summed E-state index contributed by atoms with van der Waals surface area (Å²) in [7, 11) is 0. The van der Waals surface area contributed by atoms with Crippen LogP contribution in [0, 0.1) is 27.7 Å². The fraction of sp³-hybridized carbons (Fsp3) is 0.423. The molecule has 0 bridgehead atoms. The maximum absolute atomic E-state index is 13.1. The Morgan fingerprint density at radius 3 is 2.40 bits per heavy atom. The third-order valence-corrected chi connectivity index (χ3v) is 6.33. The number of carbonyl (C=O) groups is 1. The zero-order valence-corrected chi connectivity index (χ0v) is 18.5. The second-order valence-electron chi connectivity index (χ2n) is 8.74. The molecule has 1 aliphatic heterocycles. The minimum Gasteiger partial charge on any atom is -0.451 e. The standard InChI is InChI=1S/C26H32N2O2/c1-17-8-10-21(11-9-17)22(28-12-6-5-7-13-28)16-27-26(29)25-20(4)24-19(3)14-18(2)15-23(24)30-25/h8-11,14-15,22H,5-7,12-13,16H2,1-4H3,(H,27,29)/t22-/m0/s1. The Morgan fingerprint density at radius 2 is 1.70 bits per heavy atom. The number of fused-ring (bicyclic) bond motifs is 1. The molecule has 0 unspecified atom stereocenters. The first-order valence-corrected chi connectivity index (χ1v) is 11.0. The van der Waals surface area contributed by atoms with Gasteiger partial charge < -0.3 is 9.73 Å². The molecule has 0 saturated carbocycles. The number of carbonyl (C=O) groups excluding carboxylic acids is 1. The van der Waals surface area contributed by atoms with E-state index in [1.54, 1.807) is 0 Å². The van der Waals surface area contributed by atoms with E-state index in [4.69, 9.17) is 4.42 Å². The van der Waals surface area contributed by atoms with Gasteiger partial charge in [-0.1, -0.05) is 42.3 Å². The van der Waals surface area contributed by atoms with E-state index in [0.717, 1.165) is 40.7 Å². The number of hydrogen-bond acceptors (Lipinski definition) is 3. The molecule has 1 atom stereocenters. The van der Waals surface area contributed by atoms with Gasteiger partial charge in [0, 0.05) is 17.5 Å². The topological polar surface area (TPSA) is 45.5 Å². The van der Waals surface area contributed by atoms with Crippen molar-refractivity contribution in [2.45, 2.75) is 53.0 Å². The van der Waals surface area contributed by atoms with Crippen LogP contribution in [0.4, 0.5) is 0 Å². The molecule has 1 aromatic heterocycles. The smallest absolute Gasteiger partial charge is 0.287 e. The van der Waals surface area contributed by atoms with Crippen molar-refractivity contribution in [3.05, 3.63) is 70.0 Å². The number of piperidine rings is 1. The highest BCUT2D eigenvalue weighted by atomic mass is 16.3. The third kappa shape index (κ3) is 4.15. The number of nitrogens with zero attached hydrogens (tertiary/aromatic N) is 1. The molecule has 1 N–H and O–H groups in total. The zero-order valence-electron chi connectivity index (χ0n) is 18.5. The quantitative estimate of drug-likeness (QED) is 0.600. The summed E-state index contributed by atoms with van der Waals surface area (Å²) in [4.78, 5) is 15.6. The van der Waals surface area contributed by atoms with E-state index in [-0.39, 0.29) is 11.9 Å². The monoisotopic (exact) mass is 404 g/mol. The fourth-order valence-electron chi connectivity index (χ4n) is 4.75. The molecular formula is C26H32N2O2. The minimum absolute atomic E-state index is 0.130. The predicted octanol–water partition coefficient (Wildman–Crippen LogP) is 5.62.